The lowest BCUT2D eigenvalue weighted by Crippen LogP contribution is -2.28. The van der Waals surface area contributed by atoms with E-state index in [1.807, 2.05) is 42.5 Å². The average Bonchev–Trinajstić information content (AvgIpc) is 2.54. The van der Waals surface area contributed by atoms with Crippen molar-refractivity contribution in [1.29, 1.82) is 0 Å². The zero-order valence-electron chi connectivity index (χ0n) is 11.9. The van der Waals surface area contributed by atoms with Crippen molar-refractivity contribution in [2.75, 3.05) is 11.9 Å². The third-order valence-corrected chi connectivity index (χ3v) is 3.65. The van der Waals surface area contributed by atoms with Crippen molar-refractivity contribution in [1.82, 2.24) is 10.6 Å². The van der Waals surface area contributed by atoms with Gasteiger partial charge in [0.05, 0.1) is 0 Å². The Morgan fingerprint density at radius 3 is 2.81 bits per heavy atom. The third-order valence-electron chi connectivity index (χ3n) is 3.65. The van der Waals surface area contributed by atoms with E-state index in [0.717, 1.165) is 30.8 Å². The highest BCUT2D eigenvalue weighted by Crippen LogP contribution is 2.18. The molecule has 21 heavy (non-hydrogen) atoms. The molecular formula is C17H19N3O. The molecular weight excluding hydrogens is 262 g/mol. The number of amides is 2. The van der Waals surface area contributed by atoms with Crippen LogP contribution in [0.5, 0.6) is 0 Å². The molecule has 0 aromatic heterocycles. The van der Waals surface area contributed by atoms with E-state index in [1.165, 1.54) is 11.1 Å². The first kappa shape index (κ1) is 13.6. The molecule has 0 saturated heterocycles. The van der Waals surface area contributed by atoms with Crippen molar-refractivity contribution < 1.29 is 4.79 Å². The fourth-order valence-electron chi connectivity index (χ4n) is 2.51. The van der Waals surface area contributed by atoms with Crippen molar-refractivity contribution in [3.8, 4) is 0 Å². The van der Waals surface area contributed by atoms with Gasteiger partial charge in [-0.2, -0.15) is 0 Å². The summed E-state index contributed by atoms with van der Waals surface area (Å²) in [6.07, 6.45) is 1.05. The lowest BCUT2D eigenvalue weighted by atomic mass is 10.0. The molecule has 1 aliphatic heterocycles. The molecule has 0 bridgehead atoms. The molecule has 0 atom stereocenters. The number of urea groups is 1. The van der Waals surface area contributed by atoms with Crippen LogP contribution in [0.2, 0.25) is 0 Å². The number of rotatable bonds is 3. The molecule has 1 aliphatic rings. The second-order valence-corrected chi connectivity index (χ2v) is 5.20. The Morgan fingerprint density at radius 2 is 1.95 bits per heavy atom. The van der Waals surface area contributed by atoms with Crippen LogP contribution in [0, 0.1) is 0 Å². The quantitative estimate of drug-likeness (QED) is 0.810. The molecule has 0 aliphatic carbocycles. The van der Waals surface area contributed by atoms with Gasteiger partial charge >= 0.3 is 6.03 Å². The maximum Gasteiger partial charge on any atom is 0.319 e. The summed E-state index contributed by atoms with van der Waals surface area (Å²) in [4.78, 5) is 11.9. The summed E-state index contributed by atoms with van der Waals surface area (Å²) in [6, 6.07) is 15.8. The van der Waals surface area contributed by atoms with Crippen molar-refractivity contribution in [3.05, 3.63) is 65.2 Å². The van der Waals surface area contributed by atoms with Gasteiger partial charge in [-0.3, -0.25) is 0 Å². The van der Waals surface area contributed by atoms with Crippen LogP contribution in [0.4, 0.5) is 10.5 Å². The Morgan fingerprint density at radius 1 is 1.10 bits per heavy atom. The number of carbonyl (C=O) groups is 1. The Balaban J connectivity index is 1.57. The summed E-state index contributed by atoms with van der Waals surface area (Å²) in [7, 11) is 0. The second-order valence-electron chi connectivity index (χ2n) is 5.20. The molecule has 3 rings (SSSR count). The minimum absolute atomic E-state index is 0.178. The van der Waals surface area contributed by atoms with Gasteiger partial charge in [-0.25, -0.2) is 4.79 Å². The molecule has 4 nitrogen and oxygen atoms in total. The average molecular weight is 281 g/mol. The second kappa shape index (κ2) is 6.41. The SMILES string of the molecule is O=C(NCc1ccccc1)Nc1ccc2c(c1)CNCC2. The summed E-state index contributed by atoms with van der Waals surface area (Å²) >= 11 is 0. The smallest absolute Gasteiger partial charge is 0.319 e. The van der Waals surface area contributed by atoms with E-state index in [2.05, 4.69) is 22.0 Å². The zero-order valence-corrected chi connectivity index (χ0v) is 11.9. The number of hydrogen-bond donors (Lipinski definition) is 3. The van der Waals surface area contributed by atoms with Crippen LogP contribution in [0.25, 0.3) is 0 Å². The van der Waals surface area contributed by atoms with E-state index >= 15 is 0 Å². The minimum Gasteiger partial charge on any atom is -0.334 e. The first-order valence-electron chi connectivity index (χ1n) is 7.22. The van der Waals surface area contributed by atoms with Crippen LogP contribution in [-0.2, 0) is 19.5 Å². The summed E-state index contributed by atoms with van der Waals surface area (Å²) in [6.45, 7) is 2.42. The van der Waals surface area contributed by atoms with Crippen LogP contribution in [0.3, 0.4) is 0 Å². The molecule has 0 fully saturated rings. The molecule has 2 aromatic rings. The fourth-order valence-corrected chi connectivity index (χ4v) is 2.51. The minimum atomic E-state index is -0.178. The predicted molar refractivity (Wildman–Crippen MR) is 84.2 cm³/mol. The van der Waals surface area contributed by atoms with Crippen LogP contribution < -0.4 is 16.0 Å². The van der Waals surface area contributed by atoms with Gasteiger partial charge in [-0.1, -0.05) is 36.4 Å². The summed E-state index contributed by atoms with van der Waals surface area (Å²) in [5.74, 6) is 0. The van der Waals surface area contributed by atoms with Crippen LogP contribution >= 0.6 is 0 Å². The van der Waals surface area contributed by atoms with E-state index in [1.54, 1.807) is 0 Å². The highest BCUT2D eigenvalue weighted by Gasteiger charge is 2.09. The van der Waals surface area contributed by atoms with E-state index in [4.69, 9.17) is 0 Å². The van der Waals surface area contributed by atoms with Gasteiger partial charge in [-0.15, -0.1) is 0 Å². The summed E-state index contributed by atoms with van der Waals surface area (Å²) in [5, 5.41) is 9.09. The number of fused-ring (bicyclic) bond motifs is 1. The first-order chi connectivity index (χ1) is 10.3. The number of nitrogens with one attached hydrogen (secondary N) is 3. The topological polar surface area (TPSA) is 53.2 Å². The Kier molecular flexibility index (Phi) is 4.17. The molecule has 0 radical (unpaired) electrons. The first-order valence-corrected chi connectivity index (χ1v) is 7.22. The van der Waals surface area contributed by atoms with Crippen LogP contribution in [-0.4, -0.2) is 12.6 Å². The van der Waals surface area contributed by atoms with Crippen molar-refractivity contribution in [3.63, 3.8) is 0 Å². The largest absolute Gasteiger partial charge is 0.334 e. The standard InChI is InChI=1S/C17H19N3O/c21-17(19-11-13-4-2-1-3-5-13)20-16-7-6-14-8-9-18-12-15(14)10-16/h1-7,10,18H,8-9,11-12H2,(H2,19,20,21). The zero-order chi connectivity index (χ0) is 14.5. The van der Waals surface area contributed by atoms with E-state index in [-0.39, 0.29) is 6.03 Å². The van der Waals surface area contributed by atoms with Crippen molar-refractivity contribution in [2.45, 2.75) is 19.5 Å². The van der Waals surface area contributed by atoms with Crippen molar-refractivity contribution >= 4 is 11.7 Å². The lowest BCUT2D eigenvalue weighted by molar-refractivity contribution is 0.251. The van der Waals surface area contributed by atoms with Crippen LogP contribution in [0.1, 0.15) is 16.7 Å². The molecule has 1 heterocycles. The number of anilines is 1. The molecule has 2 aromatic carbocycles. The Labute approximate surface area is 124 Å². The van der Waals surface area contributed by atoms with Gasteiger partial charge in [0.2, 0.25) is 0 Å². The lowest BCUT2D eigenvalue weighted by Gasteiger charge is -2.18. The summed E-state index contributed by atoms with van der Waals surface area (Å²) in [5.41, 5.74) is 4.55. The number of carbonyl (C=O) groups excluding carboxylic acids is 1. The molecule has 0 saturated carbocycles. The van der Waals surface area contributed by atoms with E-state index in [0.29, 0.717) is 6.54 Å². The highest BCUT2D eigenvalue weighted by atomic mass is 16.2. The molecule has 2 amide bonds. The fraction of sp³-hybridized carbons (Fsp3) is 0.235. The highest BCUT2D eigenvalue weighted by molar-refractivity contribution is 5.89. The number of benzene rings is 2. The van der Waals surface area contributed by atoms with Crippen molar-refractivity contribution in [2.24, 2.45) is 0 Å². The Bertz CT molecular complexity index is 625. The Hall–Kier alpha value is -2.33. The molecule has 3 N–H and O–H groups in total. The number of hydrogen-bond acceptors (Lipinski definition) is 2. The maximum absolute atomic E-state index is 11.9. The molecule has 4 heteroatoms. The molecule has 0 unspecified atom stereocenters. The van der Waals surface area contributed by atoms with Gasteiger partial charge in [0, 0.05) is 18.8 Å². The van der Waals surface area contributed by atoms with Gasteiger partial charge in [0.15, 0.2) is 0 Å². The monoisotopic (exact) mass is 281 g/mol. The molecule has 0 spiro atoms. The van der Waals surface area contributed by atoms with E-state index < -0.39 is 0 Å². The van der Waals surface area contributed by atoms with E-state index in [9.17, 15) is 4.79 Å². The molecule has 108 valence electrons. The normalized spacial score (nSPS) is 13.3. The third kappa shape index (κ3) is 3.61. The van der Waals surface area contributed by atoms with Gasteiger partial charge in [0.25, 0.3) is 0 Å². The van der Waals surface area contributed by atoms with Gasteiger partial charge < -0.3 is 16.0 Å². The summed E-state index contributed by atoms with van der Waals surface area (Å²) < 4.78 is 0. The van der Waals surface area contributed by atoms with Crippen LogP contribution in [0.15, 0.2) is 48.5 Å². The van der Waals surface area contributed by atoms with Gasteiger partial charge in [-0.05, 0) is 41.8 Å². The maximum atomic E-state index is 11.9. The van der Waals surface area contributed by atoms with Gasteiger partial charge in [0.1, 0.15) is 0 Å². The predicted octanol–water partition coefficient (Wildman–Crippen LogP) is 2.65.